The summed E-state index contributed by atoms with van der Waals surface area (Å²) in [4.78, 5) is 7.05. The molecule has 1 unspecified atom stereocenters. The minimum Gasteiger partial charge on any atom is -0.325 e. The van der Waals surface area contributed by atoms with Gasteiger partial charge in [0.2, 0.25) is 0 Å². The van der Waals surface area contributed by atoms with Crippen molar-refractivity contribution in [3.63, 3.8) is 0 Å². The molecule has 0 spiro atoms. The number of aromatic nitrogens is 2. The van der Waals surface area contributed by atoms with E-state index in [-0.39, 0.29) is 0 Å². The van der Waals surface area contributed by atoms with Crippen LogP contribution in [0.2, 0.25) is 0 Å². The van der Waals surface area contributed by atoms with Crippen LogP contribution in [0.4, 0.5) is 0 Å². The first kappa shape index (κ1) is 11.7. The number of nitrogens with two attached hydrogens (primary N) is 1. The monoisotopic (exact) mass is 244 g/mol. The molecule has 0 bridgehead atoms. The molecule has 2 aromatic heterocycles. The van der Waals surface area contributed by atoms with Gasteiger partial charge < -0.3 is 5.73 Å². The lowest BCUT2D eigenvalue weighted by atomic mass is 10.0. The maximum absolute atomic E-state index is 5.85. The van der Waals surface area contributed by atoms with E-state index < -0.39 is 0 Å². The molecular formula is C14H20N4. The summed E-state index contributed by atoms with van der Waals surface area (Å²) in [6.07, 6.45) is 5.72. The van der Waals surface area contributed by atoms with Crippen LogP contribution in [0.5, 0.6) is 0 Å². The number of imidazole rings is 1. The summed E-state index contributed by atoms with van der Waals surface area (Å²) in [7, 11) is 2.19. The molecule has 96 valence electrons. The second kappa shape index (κ2) is 4.71. The largest absolute Gasteiger partial charge is 0.325 e. The van der Waals surface area contributed by atoms with E-state index in [0.29, 0.717) is 12.6 Å². The summed E-state index contributed by atoms with van der Waals surface area (Å²) in [5.74, 6) is 1.15. The molecule has 1 aliphatic heterocycles. The highest BCUT2D eigenvalue weighted by atomic mass is 15.2. The van der Waals surface area contributed by atoms with Gasteiger partial charge in [0.05, 0.1) is 17.8 Å². The minimum absolute atomic E-state index is 0.425. The molecule has 18 heavy (non-hydrogen) atoms. The lowest BCUT2D eigenvalue weighted by Gasteiger charge is -2.31. The third-order valence-electron chi connectivity index (χ3n) is 3.94. The SMILES string of the molecule is CN1CCCCC1c1ncc2cccc(CN)n12. The van der Waals surface area contributed by atoms with Crippen LogP contribution in [0.3, 0.4) is 0 Å². The summed E-state index contributed by atoms with van der Waals surface area (Å²) >= 11 is 0. The van der Waals surface area contributed by atoms with Gasteiger partial charge in [0.1, 0.15) is 5.82 Å². The summed E-state index contributed by atoms with van der Waals surface area (Å²) in [6.45, 7) is 1.71. The number of rotatable bonds is 2. The highest BCUT2D eigenvalue weighted by molar-refractivity contribution is 5.48. The Morgan fingerprint density at radius 2 is 2.28 bits per heavy atom. The molecule has 4 nitrogen and oxygen atoms in total. The summed E-state index contributed by atoms with van der Waals surface area (Å²) in [5.41, 5.74) is 8.13. The Hall–Kier alpha value is -1.39. The third kappa shape index (κ3) is 1.82. The van der Waals surface area contributed by atoms with Gasteiger partial charge >= 0.3 is 0 Å². The Morgan fingerprint density at radius 1 is 1.39 bits per heavy atom. The molecule has 0 amide bonds. The van der Waals surface area contributed by atoms with Crippen molar-refractivity contribution in [2.45, 2.75) is 31.8 Å². The van der Waals surface area contributed by atoms with Crippen LogP contribution in [0.25, 0.3) is 5.52 Å². The zero-order valence-electron chi connectivity index (χ0n) is 10.8. The average molecular weight is 244 g/mol. The lowest BCUT2D eigenvalue weighted by Crippen LogP contribution is -2.31. The maximum atomic E-state index is 5.85. The highest BCUT2D eigenvalue weighted by Crippen LogP contribution is 2.29. The van der Waals surface area contributed by atoms with E-state index in [9.17, 15) is 0 Å². The molecule has 1 atom stereocenters. The Kier molecular flexibility index (Phi) is 3.06. The first-order valence-electron chi connectivity index (χ1n) is 6.67. The van der Waals surface area contributed by atoms with Crippen molar-refractivity contribution in [1.29, 1.82) is 0 Å². The van der Waals surface area contributed by atoms with E-state index in [1.807, 2.05) is 12.3 Å². The molecule has 1 aliphatic rings. The van der Waals surface area contributed by atoms with Crippen LogP contribution < -0.4 is 5.73 Å². The summed E-state index contributed by atoms with van der Waals surface area (Å²) in [6, 6.07) is 6.65. The molecule has 0 radical (unpaired) electrons. The number of pyridine rings is 1. The number of nitrogens with zero attached hydrogens (tertiary/aromatic N) is 3. The number of hydrogen-bond acceptors (Lipinski definition) is 3. The highest BCUT2D eigenvalue weighted by Gasteiger charge is 2.24. The second-order valence-electron chi connectivity index (χ2n) is 5.09. The lowest BCUT2D eigenvalue weighted by molar-refractivity contribution is 0.178. The van der Waals surface area contributed by atoms with E-state index in [0.717, 1.165) is 23.6 Å². The Bertz CT molecular complexity index is 546. The van der Waals surface area contributed by atoms with Crippen LogP contribution in [0, 0.1) is 0 Å². The normalized spacial score (nSPS) is 21.6. The van der Waals surface area contributed by atoms with Crippen molar-refractivity contribution in [1.82, 2.24) is 14.3 Å². The van der Waals surface area contributed by atoms with Crippen LogP contribution in [-0.2, 0) is 6.54 Å². The number of fused-ring (bicyclic) bond motifs is 1. The molecule has 3 rings (SSSR count). The van der Waals surface area contributed by atoms with Gasteiger partial charge in [-0.1, -0.05) is 12.5 Å². The topological polar surface area (TPSA) is 46.6 Å². The van der Waals surface area contributed by atoms with Crippen LogP contribution in [-0.4, -0.2) is 27.9 Å². The van der Waals surface area contributed by atoms with E-state index in [1.54, 1.807) is 0 Å². The Labute approximate surface area is 107 Å². The van der Waals surface area contributed by atoms with Crippen molar-refractivity contribution < 1.29 is 0 Å². The van der Waals surface area contributed by atoms with Gasteiger partial charge in [0.15, 0.2) is 0 Å². The second-order valence-corrected chi connectivity index (χ2v) is 5.09. The van der Waals surface area contributed by atoms with Crippen LogP contribution >= 0.6 is 0 Å². The van der Waals surface area contributed by atoms with E-state index >= 15 is 0 Å². The van der Waals surface area contributed by atoms with E-state index in [2.05, 4.69) is 33.5 Å². The minimum atomic E-state index is 0.425. The number of hydrogen-bond donors (Lipinski definition) is 1. The van der Waals surface area contributed by atoms with Gasteiger partial charge in [-0.05, 0) is 38.6 Å². The molecule has 1 fully saturated rings. The van der Waals surface area contributed by atoms with Gasteiger partial charge in [-0.3, -0.25) is 9.30 Å². The molecule has 1 saturated heterocycles. The Morgan fingerprint density at radius 3 is 3.06 bits per heavy atom. The summed E-state index contributed by atoms with van der Waals surface area (Å²) in [5, 5.41) is 0. The van der Waals surface area contributed by atoms with Crippen molar-refractivity contribution in [2.75, 3.05) is 13.6 Å². The smallest absolute Gasteiger partial charge is 0.130 e. The van der Waals surface area contributed by atoms with Gasteiger partial charge in [0.25, 0.3) is 0 Å². The quantitative estimate of drug-likeness (QED) is 0.878. The van der Waals surface area contributed by atoms with Crippen LogP contribution in [0.15, 0.2) is 24.4 Å². The van der Waals surface area contributed by atoms with Crippen LogP contribution in [0.1, 0.15) is 36.8 Å². The van der Waals surface area contributed by atoms with Gasteiger partial charge in [-0.25, -0.2) is 4.98 Å². The molecule has 0 saturated carbocycles. The van der Waals surface area contributed by atoms with E-state index in [1.165, 1.54) is 19.3 Å². The Balaban J connectivity index is 2.11. The van der Waals surface area contributed by atoms with E-state index in [4.69, 9.17) is 5.73 Å². The van der Waals surface area contributed by atoms with Crippen molar-refractivity contribution in [2.24, 2.45) is 5.73 Å². The number of likely N-dealkylation sites (tertiary alicyclic amines) is 1. The molecule has 4 heteroatoms. The standard InChI is InChI=1S/C14H20N4/c1-17-8-3-2-7-13(17)14-16-10-12-6-4-5-11(9-15)18(12)14/h4-6,10,13H,2-3,7-9,15H2,1H3. The van der Waals surface area contributed by atoms with Crippen molar-refractivity contribution in [3.05, 3.63) is 35.9 Å². The molecular weight excluding hydrogens is 224 g/mol. The molecule has 0 aromatic carbocycles. The fourth-order valence-electron chi connectivity index (χ4n) is 2.94. The average Bonchev–Trinajstić information content (AvgIpc) is 2.83. The number of piperidine rings is 1. The van der Waals surface area contributed by atoms with Gasteiger partial charge in [-0.2, -0.15) is 0 Å². The first-order chi connectivity index (χ1) is 8.81. The summed E-state index contributed by atoms with van der Waals surface area (Å²) < 4.78 is 2.23. The van der Waals surface area contributed by atoms with Gasteiger partial charge in [-0.15, -0.1) is 0 Å². The molecule has 0 aliphatic carbocycles. The molecule has 2 aromatic rings. The van der Waals surface area contributed by atoms with Gasteiger partial charge in [0, 0.05) is 12.2 Å². The fourth-order valence-corrected chi connectivity index (χ4v) is 2.94. The third-order valence-corrected chi connectivity index (χ3v) is 3.94. The molecule has 3 heterocycles. The predicted molar refractivity (Wildman–Crippen MR) is 72.3 cm³/mol. The van der Waals surface area contributed by atoms with Crippen molar-refractivity contribution >= 4 is 5.52 Å². The first-order valence-corrected chi connectivity index (χ1v) is 6.67. The van der Waals surface area contributed by atoms with Crippen molar-refractivity contribution in [3.8, 4) is 0 Å². The molecule has 2 N–H and O–H groups in total. The maximum Gasteiger partial charge on any atom is 0.130 e. The fraction of sp³-hybridized carbons (Fsp3) is 0.500. The zero-order chi connectivity index (χ0) is 12.5. The predicted octanol–water partition coefficient (Wildman–Crippen LogP) is 1.95. The zero-order valence-corrected chi connectivity index (χ0v) is 10.8.